The largest absolute Gasteiger partial charge is 0.471 e. The van der Waals surface area contributed by atoms with Crippen LogP contribution in [0.5, 0.6) is 5.75 Å². The number of aromatic nitrogens is 4. The van der Waals surface area contributed by atoms with E-state index in [2.05, 4.69) is 15.5 Å². The van der Waals surface area contributed by atoms with Gasteiger partial charge in [0.2, 0.25) is 0 Å². The van der Waals surface area contributed by atoms with Crippen molar-refractivity contribution in [3.05, 3.63) is 94.5 Å². The van der Waals surface area contributed by atoms with Crippen LogP contribution in [-0.2, 0) is 13.3 Å². The molecule has 0 aliphatic heterocycles. The Morgan fingerprint density at radius 3 is 2.61 bits per heavy atom. The van der Waals surface area contributed by atoms with E-state index in [1.165, 1.54) is 0 Å². The molecule has 31 heavy (non-hydrogen) atoms. The third-order valence-electron chi connectivity index (χ3n) is 4.74. The van der Waals surface area contributed by atoms with Gasteiger partial charge in [0.25, 0.3) is 5.91 Å². The molecule has 2 heterocycles. The maximum atomic E-state index is 12.6. The minimum atomic E-state index is -0.284. The molecule has 158 valence electrons. The van der Waals surface area contributed by atoms with E-state index < -0.39 is 0 Å². The van der Waals surface area contributed by atoms with Crippen LogP contribution < -0.4 is 10.1 Å². The topological polar surface area (TPSA) is 74.0 Å². The summed E-state index contributed by atoms with van der Waals surface area (Å²) in [5.41, 5.74) is 3.95. The number of anilines is 1. The summed E-state index contributed by atoms with van der Waals surface area (Å²) in [7, 11) is 0. The Bertz CT molecular complexity index is 1180. The van der Waals surface area contributed by atoms with Crippen LogP contribution >= 0.6 is 11.6 Å². The number of halogens is 1. The molecule has 0 aliphatic carbocycles. The second kappa shape index (κ2) is 9.06. The second-order valence-electron chi connectivity index (χ2n) is 7.24. The number of carbonyl (C=O) groups excluding carboxylic acids is 1. The zero-order valence-corrected chi connectivity index (χ0v) is 18.0. The number of carbonyl (C=O) groups is 1. The van der Waals surface area contributed by atoms with Gasteiger partial charge in [-0.25, -0.2) is 4.68 Å². The summed E-state index contributed by atoms with van der Waals surface area (Å²) in [5.74, 6) is 0.420. The summed E-state index contributed by atoms with van der Waals surface area (Å²) < 4.78 is 9.19. The average molecular weight is 436 g/mol. The smallest absolute Gasteiger partial charge is 0.276 e. The zero-order chi connectivity index (χ0) is 21.8. The van der Waals surface area contributed by atoms with Crippen molar-refractivity contribution in [1.29, 1.82) is 0 Å². The van der Waals surface area contributed by atoms with Crippen molar-refractivity contribution < 1.29 is 9.53 Å². The van der Waals surface area contributed by atoms with Gasteiger partial charge in [-0.1, -0.05) is 23.7 Å². The number of amides is 1. The van der Waals surface area contributed by atoms with E-state index in [4.69, 9.17) is 16.3 Å². The summed E-state index contributed by atoms with van der Waals surface area (Å²) in [6, 6.07) is 14.9. The average Bonchev–Trinajstić information content (AvgIpc) is 3.43. The number of ether oxygens (including phenoxy) is 1. The summed E-state index contributed by atoms with van der Waals surface area (Å²) in [4.78, 5) is 12.6. The molecule has 0 spiro atoms. The Balaban J connectivity index is 1.37. The van der Waals surface area contributed by atoms with Gasteiger partial charge in [0.1, 0.15) is 5.75 Å². The molecule has 1 amide bonds. The maximum absolute atomic E-state index is 12.6. The number of nitrogens with one attached hydrogen (secondary N) is 1. The van der Waals surface area contributed by atoms with Crippen molar-refractivity contribution in [3.63, 3.8) is 0 Å². The van der Waals surface area contributed by atoms with E-state index in [1.54, 1.807) is 23.1 Å². The molecule has 2 aromatic carbocycles. The van der Waals surface area contributed by atoms with Crippen molar-refractivity contribution in [1.82, 2.24) is 19.6 Å². The lowest BCUT2D eigenvalue weighted by molar-refractivity contribution is 0.102. The van der Waals surface area contributed by atoms with Gasteiger partial charge in [-0.05, 0) is 66.9 Å². The molecule has 1 N–H and O–H groups in total. The van der Waals surface area contributed by atoms with Gasteiger partial charge in [-0.3, -0.25) is 9.48 Å². The van der Waals surface area contributed by atoms with Crippen molar-refractivity contribution >= 4 is 23.2 Å². The van der Waals surface area contributed by atoms with E-state index in [0.29, 0.717) is 23.7 Å². The molecule has 8 heteroatoms. The first kappa shape index (κ1) is 20.7. The molecule has 0 bridgehead atoms. The first-order valence-corrected chi connectivity index (χ1v) is 10.2. The Kier molecular flexibility index (Phi) is 6.04. The lowest BCUT2D eigenvalue weighted by atomic mass is 10.1. The van der Waals surface area contributed by atoms with Crippen LogP contribution in [0.25, 0.3) is 0 Å². The highest BCUT2D eigenvalue weighted by atomic mass is 35.5. The van der Waals surface area contributed by atoms with E-state index in [-0.39, 0.29) is 12.6 Å². The molecule has 2 aromatic heterocycles. The molecule has 0 radical (unpaired) electrons. The van der Waals surface area contributed by atoms with E-state index in [1.807, 2.05) is 67.2 Å². The van der Waals surface area contributed by atoms with Crippen LogP contribution in [0.4, 0.5) is 5.69 Å². The Morgan fingerprint density at radius 1 is 1.06 bits per heavy atom. The van der Waals surface area contributed by atoms with Crippen LogP contribution in [0.3, 0.4) is 0 Å². The fraction of sp³-hybridized carbons (Fsp3) is 0.174. The number of aryl methyl sites for hydroxylation is 2. The van der Waals surface area contributed by atoms with Crippen molar-refractivity contribution in [3.8, 4) is 5.75 Å². The molecular weight excluding hydrogens is 414 g/mol. The first-order valence-electron chi connectivity index (χ1n) is 9.78. The minimum absolute atomic E-state index is 0.188. The molecule has 0 atom stereocenters. The summed E-state index contributed by atoms with van der Waals surface area (Å²) in [6.45, 7) is 4.69. The predicted octanol–water partition coefficient (Wildman–Crippen LogP) is 4.69. The summed E-state index contributed by atoms with van der Waals surface area (Å²) >= 11 is 6.19. The lowest BCUT2D eigenvalue weighted by Crippen LogP contribution is -2.14. The third-order valence-corrected chi connectivity index (χ3v) is 5.33. The lowest BCUT2D eigenvalue weighted by Gasteiger charge is -2.10. The molecule has 4 rings (SSSR count). The molecular formula is C23H22ClN5O2. The molecule has 0 unspecified atom stereocenters. The maximum Gasteiger partial charge on any atom is 0.276 e. The van der Waals surface area contributed by atoms with E-state index in [0.717, 1.165) is 21.7 Å². The number of hydrogen-bond donors (Lipinski definition) is 1. The van der Waals surface area contributed by atoms with E-state index in [9.17, 15) is 4.79 Å². The minimum Gasteiger partial charge on any atom is -0.471 e. The van der Waals surface area contributed by atoms with Crippen molar-refractivity contribution in [2.75, 3.05) is 5.32 Å². The SMILES string of the molecule is Cc1cc(OCn2ccc(C(=O)Nc3cccc(Cn4cccn4)c3)n2)cc(C)c1Cl. The Morgan fingerprint density at radius 2 is 1.87 bits per heavy atom. The summed E-state index contributed by atoms with van der Waals surface area (Å²) in [5, 5.41) is 12.1. The van der Waals surface area contributed by atoms with Gasteiger partial charge in [0.05, 0.1) is 6.54 Å². The van der Waals surface area contributed by atoms with Gasteiger partial charge in [-0.15, -0.1) is 0 Å². The molecule has 0 saturated heterocycles. The predicted molar refractivity (Wildman–Crippen MR) is 120 cm³/mol. The second-order valence-corrected chi connectivity index (χ2v) is 7.62. The van der Waals surface area contributed by atoms with Gasteiger partial charge < -0.3 is 10.1 Å². The number of benzene rings is 2. The van der Waals surface area contributed by atoms with Gasteiger partial charge in [0.15, 0.2) is 12.4 Å². The number of hydrogen-bond acceptors (Lipinski definition) is 4. The number of rotatable bonds is 7. The summed E-state index contributed by atoms with van der Waals surface area (Å²) in [6.07, 6.45) is 5.34. The molecule has 0 aliphatic rings. The van der Waals surface area contributed by atoms with E-state index >= 15 is 0 Å². The Labute approximate surface area is 185 Å². The highest BCUT2D eigenvalue weighted by Gasteiger charge is 2.11. The fourth-order valence-electron chi connectivity index (χ4n) is 3.21. The zero-order valence-electron chi connectivity index (χ0n) is 17.2. The monoisotopic (exact) mass is 435 g/mol. The Hall–Kier alpha value is -3.58. The third kappa shape index (κ3) is 5.13. The van der Waals surface area contributed by atoms with Crippen molar-refractivity contribution in [2.45, 2.75) is 27.1 Å². The number of nitrogens with zero attached hydrogens (tertiary/aromatic N) is 4. The van der Waals surface area contributed by atoms with Gasteiger partial charge in [0, 0.05) is 29.3 Å². The molecule has 7 nitrogen and oxygen atoms in total. The first-order chi connectivity index (χ1) is 15.0. The molecule has 0 saturated carbocycles. The quantitative estimate of drug-likeness (QED) is 0.457. The van der Waals surface area contributed by atoms with Gasteiger partial charge >= 0.3 is 0 Å². The molecule has 4 aromatic rings. The van der Waals surface area contributed by atoms with Gasteiger partial charge in [-0.2, -0.15) is 10.2 Å². The standard InChI is InChI=1S/C23H22ClN5O2/c1-16-11-20(12-17(2)22(16)24)31-15-29-10-7-21(27-29)23(30)26-19-6-3-5-18(13-19)14-28-9-4-8-25-28/h3-13H,14-15H2,1-2H3,(H,26,30). The van der Waals surface area contributed by atoms with Crippen LogP contribution in [0, 0.1) is 13.8 Å². The highest BCUT2D eigenvalue weighted by Crippen LogP contribution is 2.26. The van der Waals surface area contributed by atoms with Crippen LogP contribution in [0.1, 0.15) is 27.2 Å². The van der Waals surface area contributed by atoms with Crippen LogP contribution in [0.15, 0.2) is 67.1 Å². The van der Waals surface area contributed by atoms with Crippen LogP contribution in [-0.4, -0.2) is 25.5 Å². The highest BCUT2D eigenvalue weighted by molar-refractivity contribution is 6.32. The van der Waals surface area contributed by atoms with Crippen LogP contribution in [0.2, 0.25) is 5.02 Å². The molecule has 0 fully saturated rings. The fourth-order valence-corrected chi connectivity index (χ4v) is 3.32. The normalized spacial score (nSPS) is 10.8. The van der Waals surface area contributed by atoms with Crippen molar-refractivity contribution in [2.24, 2.45) is 0 Å².